The molecular weight excluding hydrogens is 510 g/mol. The van der Waals surface area contributed by atoms with Gasteiger partial charge in [-0.15, -0.1) is 0 Å². The lowest BCUT2D eigenvalue weighted by atomic mass is 9.98. The molecule has 0 aliphatic rings. The molecule has 0 saturated heterocycles. The predicted molar refractivity (Wildman–Crippen MR) is 142 cm³/mol. The second kappa shape index (κ2) is 16.6. The van der Waals surface area contributed by atoms with Gasteiger partial charge in [0.25, 0.3) is 0 Å². The Kier molecular flexibility index (Phi) is 14.3. The summed E-state index contributed by atoms with van der Waals surface area (Å²) in [6, 6.07) is 3.30. The van der Waals surface area contributed by atoms with Crippen molar-refractivity contribution in [2.24, 2.45) is 29.4 Å². The van der Waals surface area contributed by atoms with Crippen LogP contribution < -0.4 is 15.2 Å². The fourth-order valence-electron chi connectivity index (χ4n) is 2.81. The molecule has 2 N–H and O–H groups in total. The van der Waals surface area contributed by atoms with Gasteiger partial charge in [-0.05, 0) is 48.8 Å². The summed E-state index contributed by atoms with van der Waals surface area (Å²) in [5.74, 6) is -1.23. The molecule has 0 fully saturated rings. The van der Waals surface area contributed by atoms with E-state index in [1.807, 2.05) is 41.5 Å². The number of esters is 2. The van der Waals surface area contributed by atoms with E-state index in [-0.39, 0.29) is 67.4 Å². The Labute approximate surface area is 230 Å². The third-order valence-corrected chi connectivity index (χ3v) is 5.37. The quantitative estimate of drug-likeness (QED) is 0.194. The molecule has 1 aromatic carbocycles. The highest BCUT2D eigenvalue weighted by molar-refractivity contribution is 5.76. The van der Waals surface area contributed by atoms with E-state index in [1.54, 1.807) is 19.9 Å². The van der Waals surface area contributed by atoms with Gasteiger partial charge in [-0.1, -0.05) is 54.5 Å². The zero-order valence-corrected chi connectivity index (χ0v) is 24.2. The molecule has 1 unspecified atom stereocenters. The number of hydrogen-bond donors (Lipinski definition) is 1. The van der Waals surface area contributed by atoms with Crippen LogP contribution in [0.3, 0.4) is 0 Å². The van der Waals surface area contributed by atoms with Gasteiger partial charge >= 0.3 is 24.2 Å². The van der Waals surface area contributed by atoms with Crippen LogP contribution in [0.25, 0.3) is 0 Å². The number of ether oxygens (including phenoxy) is 6. The summed E-state index contributed by atoms with van der Waals surface area (Å²) in [4.78, 5) is 48.8. The summed E-state index contributed by atoms with van der Waals surface area (Å²) >= 11 is 0. The summed E-state index contributed by atoms with van der Waals surface area (Å²) in [6.45, 7) is 14.8. The molecule has 1 aromatic rings. The number of rotatable bonds is 14. The molecule has 1 rings (SSSR count). The van der Waals surface area contributed by atoms with Crippen molar-refractivity contribution in [3.8, 4) is 11.5 Å². The van der Waals surface area contributed by atoms with Crippen molar-refractivity contribution in [3.05, 3.63) is 23.8 Å². The monoisotopic (exact) mass is 553 g/mol. The average Bonchev–Trinajstić information content (AvgIpc) is 2.85. The summed E-state index contributed by atoms with van der Waals surface area (Å²) in [6.07, 6.45) is -2.57. The number of hydrogen-bond acceptors (Lipinski definition) is 11. The number of carbonyl (C=O) groups excluding carboxylic acids is 4. The molecule has 3 atom stereocenters. The maximum absolute atomic E-state index is 12.5. The van der Waals surface area contributed by atoms with E-state index in [2.05, 4.69) is 0 Å². The minimum atomic E-state index is -1.06. The van der Waals surface area contributed by atoms with Crippen molar-refractivity contribution >= 4 is 24.2 Å². The smallest absolute Gasteiger partial charge is 0.461 e. The summed E-state index contributed by atoms with van der Waals surface area (Å²) < 4.78 is 31.1. The van der Waals surface area contributed by atoms with Gasteiger partial charge in [0.15, 0.2) is 11.5 Å². The second-order valence-corrected chi connectivity index (χ2v) is 10.6. The molecule has 0 spiro atoms. The molecule has 0 aromatic heterocycles. The molecule has 11 nitrogen and oxygen atoms in total. The van der Waals surface area contributed by atoms with E-state index in [0.29, 0.717) is 5.56 Å². The van der Waals surface area contributed by atoms with Crippen molar-refractivity contribution in [2.75, 3.05) is 19.8 Å². The maximum Gasteiger partial charge on any atom is 0.513 e. The van der Waals surface area contributed by atoms with Gasteiger partial charge in [0.2, 0.25) is 0 Å². The molecule has 39 heavy (non-hydrogen) atoms. The molecule has 0 saturated carbocycles. The molecule has 220 valence electrons. The van der Waals surface area contributed by atoms with Crippen molar-refractivity contribution in [3.63, 3.8) is 0 Å². The fraction of sp³-hybridized carbons (Fsp3) is 0.643. The number of nitrogens with two attached hydrogens (primary N) is 1. The van der Waals surface area contributed by atoms with Gasteiger partial charge in [-0.2, -0.15) is 0 Å². The Bertz CT molecular complexity index is 960. The van der Waals surface area contributed by atoms with Gasteiger partial charge < -0.3 is 34.2 Å². The standard InChI is InChI=1S/C28H43NO10/c1-16(2)13-35-27(32)38-23-10-9-21(12-24(23)39-28(33)36-14-17(3)4)11-22(29)26(31)34-15-19(7)37-25(30)20(8)18(5)6/h9-10,12,16-20,22H,11,13-15,29H2,1-8H3/t19-,20?,22-/m0/s1. The highest BCUT2D eigenvalue weighted by atomic mass is 16.7. The first-order chi connectivity index (χ1) is 18.2. The van der Waals surface area contributed by atoms with E-state index in [4.69, 9.17) is 34.2 Å². The molecule has 11 heteroatoms. The van der Waals surface area contributed by atoms with E-state index in [9.17, 15) is 19.2 Å². The molecular formula is C28H43NO10. The molecule has 0 aliphatic carbocycles. The first-order valence-electron chi connectivity index (χ1n) is 13.1. The van der Waals surface area contributed by atoms with Crippen LogP contribution in [0, 0.1) is 23.7 Å². The zero-order chi connectivity index (χ0) is 29.7. The van der Waals surface area contributed by atoms with Crippen molar-refractivity contribution in [2.45, 2.75) is 74.0 Å². The van der Waals surface area contributed by atoms with Crippen LogP contribution in [0.2, 0.25) is 0 Å². The van der Waals surface area contributed by atoms with Crippen LogP contribution in [0.5, 0.6) is 11.5 Å². The van der Waals surface area contributed by atoms with Crippen molar-refractivity contribution in [1.82, 2.24) is 0 Å². The predicted octanol–water partition coefficient (Wildman–Crippen LogP) is 4.67. The first-order valence-corrected chi connectivity index (χ1v) is 13.1. The first kappa shape index (κ1) is 33.7. The maximum atomic E-state index is 12.5. The third kappa shape index (κ3) is 13.3. The Balaban J connectivity index is 2.86. The van der Waals surface area contributed by atoms with Gasteiger partial charge in [0.05, 0.1) is 19.1 Å². The van der Waals surface area contributed by atoms with Crippen LogP contribution in [-0.4, -0.2) is 56.2 Å². The minimum absolute atomic E-state index is 0.0207. The van der Waals surface area contributed by atoms with Gasteiger partial charge in [-0.3, -0.25) is 9.59 Å². The number of carbonyl (C=O) groups is 4. The van der Waals surface area contributed by atoms with Crippen LogP contribution in [0.4, 0.5) is 9.59 Å². The summed E-state index contributed by atoms with van der Waals surface area (Å²) in [5.41, 5.74) is 6.52. The Morgan fingerprint density at radius 1 is 0.718 bits per heavy atom. The Morgan fingerprint density at radius 3 is 1.77 bits per heavy atom. The van der Waals surface area contributed by atoms with E-state index in [0.717, 1.165) is 0 Å². The van der Waals surface area contributed by atoms with Crippen molar-refractivity contribution in [1.29, 1.82) is 0 Å². The zero-order valence-electron chi connectivity index (χ0n) is 24.2. The lowest BCUT2D eigenvalue weighted by Gasteiger charge is -2.19. The highest BCUT2D eigenvalue weighted by Crippen LogP contribution is 2.30. The Hall–Kier alpha value is -3.34. The average molecular weight is 554 g/mol. The largest absolute Gasteiger partial charge is 0.513 e. The van der Waals surface area contributed by atoms with Crippen LogP contribution in [0.15, 0.2) is 18.2 Å². The topological polar surface area (TPSA) is 150 Å². The fourth-order valence-corrected chi connectivity index (χ4v) is 2.81. The minimum Gasteiger partial charge on any atom is -0.461 e. The molecule has 0 radical (unpaired) electrons. The van der Waals surface area contributed by atoms with Crippen LogP contribution >= 0.6 is 0 Å². The van der Waals surface area contributed by atoms with E-state index < -0.39 is 30.4 Å². The number of benzene rings is 1. The van der Waals surface area contributed by atoms with Crippen LogP contribution in [-0.2, 0) is 35.0 Å². The van der Waals surface area contributed by atoms with Gasteiger partial charge in [-0.25, -0.2) is 9.59 Å². The van der Waals surface area contributed by atoms with E-state index >= 15 is 0 Å². The molecule has 0 aliphatic heterocycles. The normalized spacial score (nSPS) is 13.4. The summed E-state index contributed by atoms with van der Waals surface area (Å²) in [5, 5.41) is 0. The van der Waals surface area contributed by atoms with Crippen LogP contribution in [0.1, 0.15) is 61.0 Å². The second-order valence-electron chi connectivity index (χ2n) is 10.6. The molecule has 0 heterocycles. The third-order valence-electron chi connectivity index (χ3n) is 5.37. The molecule has 0 amide bonds. The van der Waals surface area contributed by atoms with E-state index in [1.165, 1.54) is 12.1 Å². The SMILES string of the molecule is CC(C)COC(=O)Oc1ccc(C[C@H](N)C(=O)OC[C@H](C)OC(=O)C(C)C(C)C)cc1OC(=O)OCC(C)C. The van der Waals surface area contributed by atoms with Gasteiger partial charge in [0.1, 0.15) is 18.8 Å². The lowest BCUT2D eigenvalue weighted by molar-refractivity contribution is -0.162. The highest BCUT2D eigenvalue weighted by Gasteiger charge is 2.23. The van der Waals surface area contributed by atoms with Crippen molar-refractivity contribution < 1.29 is 47.6 Å². The Morgan fingerprint density at radius 2 is 1.26 bits per heavy atom. The lowest BCUT2D eigenvalue weighted by Crippen LogP contribution is -2.36. The molecule has 0 bridgehead atoms. The van der Waals surface area contributed by atoms with Gasteiger partial charge in [0, 0.05) is 0 Å². The summed E-state index contributed by atoms with van der Waals surface area (Å²) in [7, 11) is 0.